The molecule has 2 saturated heterocycles. The van der Waals surface area contributed by atoms with E-state index < -0.39 is 21.7 Å². The number of anilines is 1. The molecule has 0 radical (unpaired) electrons. The van der Waals surface area contributed by atoms with Crippen molar-refractivity contribution in [3.05, 3.63) is 29.8 Å². The molecule has 11 heteroatoms. The van der Waals surface area contributed by atoms with Crippen LogP contribution in [0.4, 0.5) is 14.5 Å². The minimum Gasteiger partial charge on any atom is -0.365 e. The van der Waals surface area contributed by atoms with Crippen molar-refractivity contribution in [3.63, 3.8) is 0 Å². The van der Waals surface area contributed by atoms with Gasteiger partial charge < -0.3 is 15.5 Å². The number of hydrogen-bond acceptors (Lipinski definition) is 4. The van der Waals surface area contributed by atoms with Gasteiger partial charge in [-0.1, -0.05) is 6.07 Å². The van der Waals surface area contributed by atoms with Crippen LogP contribution in [-0.2, 0) is 10.0 Å². The molecule has 2 N–H and O–H groups in total. The van der Waals surface area contributed by atoms with Crippen molar-refractivity contribution < 1.29 is 17.2 Å². The summed E-state index contributed by atoms with van der Waals surface area (Å²) in [6.45, 7) is 2.85. The van der Waals surface area contributed by atoms with Gasteiger partial charge in [0.25, 0.3) is 0 Å². The Hall–Kier alpha value is -1.21. The Morgan fingerprint density at radius 3 is 2.37 bits per heavy atom. The third-order valence-electron chi connectivity index (χ3n) is 5.61. The molecule has 7 nitrogen and oxygen atoms in total. The number of rotatable bonds is 5. The van der Waals surface area contributed by atoms with Crippen LogP contribution in [0.5, 0.6) is 0 Å². The lowest BCUT2D eigenvalue weighted by molar-refractivity contribution is 0.274. The minimum absolute atomic E-state index is 0. The molecule has 1 unspecified atom stereocenters. The van der Waals surface area contributed by atoms with E-state index in [4.69, 9.17) is 0 Å². The molecule has 1 aromatic carbocycles. The van der Waals surface area contributed by atoms with Crippen LogP contribution in [0.1, 0.15) is 19.3 Å². The third kappa shape index (κ3) is 6.39. The van der Waals surface area contributed by atoms with Gasteiger partial charge in [0.15, 0.2) is 5.96 Å². The molecule has 2 aliphatic rings. The fourth-order valence-corrected chi connectivity index (χ4v) is 4.82. The zero-order valence-corrected chi connectivity index (χ0v) is 20.4. The minimum atomic E-state index is -3.12. The number of para-hydroxylation sites is 1. The zero-order valence-electron chi connectivity index (χ0n) is 17.3. The molecule has 3 rings (SSSR count). The topological polar surface area (TPSA) is 77.0 Å². The summed E-state index contributed by atoms with van der Waals surface area (Å²) < 4.78 is 52.7. The molecule has 0 aromatic heterocycles. The Kier molecular flexibility index (Phi) is 9.10. The van der Waals surface area contributed by atoms with Crippen molar-refractivity contribution in [2.24, 2.45) is 10.9 Å². The Bertz CT molecular complexity index is 827. The van der Waals surface area contributed by atoms with Gasteiger partial charge in [0, 0.05) is 45.8 Å². The quantitative estimate of drug-likeness (QED) is 0.329. The normalized spacial score (nSPS) is 21.4. The second kappa shape index (κ2) is 10.9. The van der Waals surface area contributed by atoms with Crippen LogP contribution in [0.15, 0.2) is 23.2 Å². The molecule has 0 amide bonds. The first-order valence-electron chi connectivity index (χ1n) is 9.89. The number of benzene rings is 1. The second-order valence-corrected chi connectivity index (χ2v) is 9.69. The first kappa shape index (κ1) is 25.1. The molecule has 0 saturated carbocycles. The fourth-order valence-electron chi connectivity index (χ4n) is 3.95. The summed E-state index contributed by atoms with van der Waals surface area (Å²) in [5.41, 5.74) is 0.0254. The van der Waals surface area contributed by atoms with Gasteiger partial charge in [-0.15, -0.1) is 24.0 Å². The van der Waals surface area contributed by atoms with Gasteiger partial charge in [0.1, 0.15) is 17.3 Å². The fraction of sp³-hybridized carbons (Fsp3) is 0.632. The zero-order chi connectivity index (χ0) is 21.0. The molecule has 1 atom stereocenters. The van der Waals surface area contributed by atoms with E-state index in [2.05, 4.69) is 15.6 Å². The molecule has 2 aliphatic heterocycles. The number of sulfonamides is 1. The van der Waals surface area contributed by atoms with Crippen LogP contribution in [0.3, 0.4) is 0 Å². The molecule has 2 fully saturated rings. The monoisotopic (exact) mass is 557 g/mol. The van der Waals surface area contributed by atoms with E-state index in [0.717, 1.165) is 19.3 Å². The van der Waals surface area contributed by atoms with E-state index in [0.29, 0.717) is 44.6 Å². The number of halogens is 3. The molecule has 0 aliphatic carbocycles. The number of nitrogens with zero attached hydrogens (tertiary/aromatic N) is 3. The molecule has 0 spiro atoms. The lowest BCUT2D eigenvalue weighted by Crippen LogP contribution is -2.47. The van der Waals surface area contributed by atoms with Crippen molar-refractivity contribution in [2.75, 3.05) is 50.9 Å². The molecule has 2 heterocycles. The highest BCUT2D eigenvalue weighted by molar-refractivity contribution is 14.0. The lowest BCUT2D eigenvalue weighted by Gasteiger charge is -2.30. The highest BCUT2D eigenvalue weighted by Crippen LogP contribution is 2.26. The van der Waals surface area contributed by atoms with E-state index in [1.807, 2.05) is 0 Å². The molecule has 0 bridgehead atoms. The van der Waals surface area contributed by atoms with Crippen LogP contribution in [-0.4, -0.2) is 70.8 Å². The first-order chi connectivity index (χ1) is 13.8. The summed E-state index contributed by atoms with van der Waals surface area (Å²) in [6, 6.07) is 3.95. The molecule has 170 valence electrons. The van der Waals surface area contributed by atoms with Crippen LogP contribution in [0.2, 0.25) is 0 Å². The Morgan fingerprint density at radius 2 is 1.80 bits per heavy atom. The number of guanidine groups is 1. The average Bonchev–Trinajstić information content (AvgIpc) is 3.12. The van der Waals surface area contributed by atoms with Crippen molar-refractivity contribution in [1.29, 1.82) is 0 Å². The Morgan fingerprint density at radius 1 is 1.17 bits per heavy atom. The highest BCUT2D eigenvalue weighted by Gasteiger charge is 2.28. The van der Waals surface area contributed by atoms with Crippen LogP contribution in [0.25, 0.3) is 0 Å². The first-order valence-corrected chi connectivity index (χ1v) is 11.7. The molecule has 1 aromatic rings. The van der Waals surface area contributed by atoms with E-state index in [9.17, 15) is 17.2 Å². The van der Waals surface area contributed by atoms with Gasteiger partial charge in [-0.3, -0.25) is 4.99 Å². The van der Waals surface area contributed by atoms with E-state index in [1.165, 1.54) is 28.8 Å². The van der Waals surface area contributed by atoms with Crippen molar-refractivity contribution in [3.8, 4) is 0 Å². The average molecular weight is 557 g/mol. The van der Waals surface area contributed by atoms with E-state index in [1.54, 1.807) is 11.9 Å². The number of piperidine rings is 1. The maximum Gasteiger partial charge on any atom is 0.211 e. The molecular formula is C19H30F2IN5O2S. The van der Waals surface area contributed by atoms with Gasteiger partial charge >= 0.3 is 0 Å². The van der Waals surface area contributed by atoms with Gasteiger partial charge in [0.05, 0.1) is 6.26 Å². The SMILES string of the molecule is CN=C(NCC1CCN(S(C)(=O)=O)CC1)NC1CCN(c2c(F)cccc2F)C1.I. The number of aliphatic imine (C=N–C) groups is 1. The smallest absolute Gasteiger partial charge is 0.211 e. The molecule has 30 heavy (non-hydrogen) atoms. The molecular weight excluding hydrogens is 527 g/mol. The third-order valence-corrected chi connectivity index (χ3v) is 6.91. The van der Waals surface area contributed by atoms with Crippen molar-refractivity contribution in [1.82, 2.24) is 14.9 Å². The summed E-state index contributed by atoms with van der Waals surface area (Å²) in [6.07, 6.45) is 3.61. The van der Waals surface area contributed by atoms with Gasteiger partial charge in [-0.25, -0.2) is 21.5 Å². The van der Waals surface area contributed by atoms with E-state index in [-0.39, 0.29) is 35.7 Å². The highest BCUT2D eigenvalue weighted by atomic mass is 127. The predicted octanol–water partition coefficient (Wildman–Crippen LogP) is 2.00. The maximum absolute atomic E-state index is 14.0. The van der Waals surface area contributed by atoms with Crippen molar-refractivity contribution in [2.45, 2.75) is 25.3 Å². The van der Waals surface area contributed by atoms with Crippen LogP contribution < -0.4 is 15.5 Å². The summed E-state index contributed by atoms with van der Waals surface area (Å²) >= 11 is 0. The number of hydrogen-bond donors (Lipinski definition) is 2. The Balaban J connectivity index is 0.00000320. The van der Waals surface area contributed by atoms with Gasteiger partial charge in [-0.05, 0) is 37.3 Å². The van der Waals surface area contributed by atoms with E-state index >= 15 is 0 Å². The lowest BCUT2D eigenvalue weighted by atomic mass is 9.98. The summed E-state index contributed by atoms with van der Waals surface area (Å²) in [4.78, 5) is 5.96. The summed E-state index contributed by atoms with van der Waals surface area (Å²) in [7, 11) is -1.43. The largest absolute Gasteiger partial charge is 0.365 e. The van der Waals surface area contributed by atoms with Gasteiger partial charge in [0.2, 0.25) is 10.0 Å². The predicted molar refractivity (Wildman–Crippen MR) is 126 cm³/mol. The van der Waals surface area contributed by atoms with Crippen molar-refractivity contribution >= 4 is 45.6 Å². The number of nitrogens with one attached hydrogen (secondary N) is 2. The summed E-state index contributed by atoms with van der Waals surface area (Å²) in [5.74, 6) is -0.0716. The van der Waals surface area contributed by atoms with Crippen LogP contribution in [0, 0.1) is 17.6 Å². The van der Waals surface area contributed by atoms with Crippen LogP contribution >= 0.6 is 24.0 Å². The Labute approximate surface area is 194 Å². The second-order valence-electron chi connectivity index (χ2n) is 7.70. The van der Waals surface area contributed by atoms with Gasteiger partial charge in [-0.2, -0.15) is 0 Å². The summed E-state index contributed by atoms with van der Waals surface area (Å²) in [5, 5.41) is 6.62. The standard InChI is InChI=1S/C19H29F2N5O2S.HI/c1-22-19(23-12-14-6-10-26(11-7-14)29(2,27)28)24-15-8-9-25(13-15)18-16(20)4-3-5-17(18)21;/h3-5,14-15H,6-13H2,1-2H3,(H2,22,23,24);1H. The maximum atomic E-state index is 14.0.